The Morgan fingerprint density at radius 3 is 2.24 bits per heavy atom. The van der Waals surface area contributed by atoms with E-state index in [2.05, 4.69) is 21.2 Å². The molecule has 2 atom stereocenters. The van der Waals surface area contributed by atoms with Crippen LogP contribution in [0.15, 0.2) is 53.0 Å². The van der Waals surface area contributed by atoms with E-state index >= 15 is 0 Å². The molecule has 2 amide bonds. The molecule has 186 valence electrons. The van der Waals surface area contributed by atoms with Gasteiger partial charge in [0, 0.05) is 17.1 Å². The molecule has 0 aliphatic heterocycles. The van der Waals surface area contributed by atoms with E-state index < -0.39 is 28.5 Å². The van der Waals surface area contributed by atoms with Crippen molar-refractivity contribution in [2.45, 2.75) is 59.2 Å². The number of rotatable bonds is 11. The number of hydrogen-bond donors (Lipinski definition) is 1. The Morgan fingerprint density at radius 2 is 1.71 bits per heavy atom. The van der Waals surface area contributed by atoms with Gasteiger partial charge in [-0.15, -0.1) is 0 Å². The van der Waals surface area contributed by atoms with E-state index in [1.807, 2.05) is 52.0 Å². The zero-order valence-electron chi connectivity index (χ0n) is 20.4. The summed E-state index contributed by atoms with van der Waals surface area (Å²) in [5.41, 5.74) is 2.29. The fourth-order valence-corrected chi connectivity index (χ4v) is 4.70. The number of carbonyl (C=O) groups is 2. The van der Waals surface area contributed by atoms with Crippen LogP contribution in [0.4, 0.5) is 5.69 Å². The molecule has 0 heterocycles. The number of halogens is 1. The Hall–Kier alpha value is -2.39. The van der Waals surface area contributed by atoms with Gasteiger partial charge in [0.25, 0.3) is 0 Å². The van der Waals surface area contributed by atoms with Gasteiger partial charge >= 0.3 is 0 Å². The molecule has 0 bridgehead atoms. The second-order valence-corrected chi connectivity index (χ2v) is 11.3. The molecule has 0 saturated heterocycles. The summed E-state index contributed by atoms with van der Waals surface area (Å²) < 4.78 is 27.1. The Balaban J connectivity index is 2.43. The highest BCUT2D eigenvalue weighted by molar-refractivity contribution is 9.10. The molecule has 0 aromatic heterocycles. The van der Waals surface area contributed by atoms with Gasteiger partial charge in [0.05, 0.1) is 11.9 Å². The molecule has 0 aliphatic rings. The molecular formula is C25H34BrN3O4S. The molecule has 2 aromatic rings. The highest BCUT2D eigenvalue weighted by Crippen LogP contribution is 2.22. The summed E-state index contributed by atoms with van der Waals surface area (Å²) in [7, 11) is -3.74. The van der Waals surface area contributed by atoms with E-state index in [1.165, 1.54) is 4.90 Å². The number of hydrogen-bond acceptors (Lipinski definition) is 4. The van der Waals surface area contributed by atoms with Crippen LogP contribution in [-0.4, -0.2) is 50.0 Å². The lowest BCUT2D eigenvalue weighted by atomic mass is 10.1. The van der Waals surface area contributed by atoms with Gasteiger partial charge in [-0.1, -0.05) is 59.6 Å². The fraction of sp³-hybridized carbons (Fsp3) is 0.440. The second kappa shape index (κ2) is 12.4. The smallest absolute Gasteiger partial charge is 0.244 e. The van der Waals surface area contributed by atoms with Crippen molar-refractivity contribution in [3.05, 3.63) is 64.1 Å². The van der Waals surface area contributed by atoms with Gasteiger partial charge in [0.2, 0.25) is 21.8 Å². The maximum Gasteiger partial charge on any atom is 0.244 e. The van der Waals surface area contributed by atoms with E-state index in [4.69, 9.17) is 0 Å². The molecule has 34 heavy (non-hydrogen) atoms. The maximum atomic E-state index is 13.6. The van der Waals surface area contributed by atoms with Crippen molar-refractivity contribution in [2.24, 2.45) is 0 Å². The summed E-state index contributed by atoms with van der Waals surface area (Å²) >= 11 is 3.34. The maximum absolute atomic E-state index is 13.6. The number of sulfonamides is 1. The number of nitrogens with one attached hydrogen (secondary N) is 1. The van der Waals surface area contributed by atoms with Gasteiger partial charge in [-0.3, -0.25) is 13.9 Å². The van der Waals surface area contributed by atoms with Crippen molar-refractivity contribution in [3.63, 3.8) is 0 Å². The van der Waals surface area contributed by atoms with Gasteiger partial charge in [-0.2, -0.15) is 0 Å². The zero-order valence-corrected chi connectivity index (χ0v) is 22.8. The molecule has 0 radical (unpaired) electrons. The first kappa shape index (κ1) is 27.9. The summed E-state index contributed by atoms with van der Waals surface area (Å²) in [6.45, 7) is 7.49. The fourth-order valence-electron chi connectivity index (χ4n) is 3.59. The number of carbonyl (C=O) groups excluding carboxylic acids is 2. The van der Waals surface area contributed by atoms with Gasteiger partial charge in [0.15, 0.2) is 0 Å². The summed E-state index contributed by atoms with van der Waals surface area (Å²) in [5.74, 6) is -0.687. The lowest BCUT2D eigenvalue weighted by molar-refractivity contribution is -0.140. The average molecular weight is 553 g/mol. The number of amides is 2. The lowest BCUT2D eigenvalue weighted by Crippen LogP contribution is -2.53. The third-order valence-electron chi connectivity index (χ3n) is 5.62. The minimum atomic E-state index is -3.74. The van der Waals surface area contributed by atoms with Crippen LogP contribution in [0.3, 0.4) is 0 Å². The zero-order chi connectivity index (χ0) is 25.5. The van der Waals surface area contributed by atoms with Crippen molar-refractivity contribution >= 4 is 43.5 Å². The standard InChI is InChI=1S/C25H34BrN3O4S/c1-6-19(4)27-25(31)23(7-2)28(16-20-10-8-9-18(3)15-20)24(30)17-29(34(5,32)33)22-13-11-21(26)12-14-22/h8-15,19,23H,6-7,16-17H2,1-5H3,(H,27,31)/t19-,23+/m0/s1. The first-order chi connectivity index (χ1) is 16.0. The number of aryl methyl sites for hydroxylation is 1. The molecule has 1 N–H and O–H groups in total. The van der Waals surface area contributed by atoms with Crippen LogP contribution in [0, 0.1) is 6.92 Å². The Morgan fingerprint density at radius 1 is 1.06 bits per heavy atom. The van der Waals surface area contributed by atoms with Crippen molar-refractivity contribution in [1.82, 2.24) is 10.2 Å². The number of benzene rings is 2. The topological polar surface area (TPSA) is 86.8 Å². The molecule has 0 fully saturated rings. The molecule has 2 rings (SSSR count). The molecule has 7 nitrogen and oxygen atoms in total. The third kappa shape index (κ3) is 7.84. The van der Waals surface area contributed by atoms with Crippen LogP contribution >= 0.6 is 15.9 Å². The van der Waals surface area contributed by atoms with Crippen molar-refractivity contribution in [1.29, 1.82) is 0 Å². The van der Waals surface area contributed by atoms with Gasteiger partial charge in [0.1, 0.15) is 12.6 Å². The van der Waals surface area contributed by atoms with Crippen LogP contribution in [0.5, 0.6) is 0 Å². The van der Waals surface area contributed by atoms with Crippen LogP contribution in [0.25, 0.3) is 0 Å². The SMILES string of the molecule is CC[C@H](C(=O)N[C@@H](C)CC)N(Cc1cccc(C)c1)C(=O)CN(c1ccc(Br)cc1)S(C)(=O)=O. The molecule has 9 heteroatoms. The third-order valence-corrected chi connectivity index (χ3v) is 7.29. The normalized spacial score (nSPS) is 13.1. The predicted octanol–water partition coefficient (Wildman–Crippen LogP) is 4.25. The van der Waals surface area contributed by atoms with Gasteiger partial charge < -0.3 is 10.2 Å². The van der Waals surface area contributed by atoms with E-state index in [-0.39, 0.29) is 18.5 Å². The summed E-state index contributed by atoms with van der Waals surface area (Å²) in [6, 6.07) is 13.7. The monoisotopic (exact) mass is 551 g/mol. The minimum absolute atomic E-state index is 0.0345. The lowest BCUT2D eigenvalue weighted by Gasteiger charge is -2.33. The number of nitrogens with zero attached hydrogens (tertiary/aromatic N) is 2. The largest absolute Gasteiger partial charge is 0.352 e. The Labute approximate surface area is 211 Å². The Kier molecular flexibility index (Phi) is 10.1. The van der Waals surface area contributed by atoms with E-state index in [0.717, 1.165) is 32.6 Å². The van der Waals surface area contributed by atoms with E-state index in [1.54, 1.807) is 24.3 Å². The quantitative estimate of drug-likeness (QED) is 0.452. The van der Waals surface area contributed by atoms with E-state index in [9.17, 15) is 18.0 Å². The highest BCUT2D eigenvalue weighted by atomic mass is 79.9. The first-order valence-electron chi connectivity index (χ1n) is 11.3. The average Bonchev–Trinajstić information content (AvgIpc) is 2.77. The molecule has 0 aliphatic carbocycles. The molecule has 0 spiro atoms. The Bertz CT molecular complexity index is 1090. The van der Waals surface area contributed by atoms with Crippen molar-refractivity contribution < 1.29 is 18.0 Å². The molecule has 2 aromatic carbocycles. The van der Waals surface area contributed by atoms with Gasteiger partial charge in [-0.25, -0.2) is 8.42 Å². The first-order valence-corrected chi connectivity index (χ1v) is 14.0. The molecule has 0 unspecified atom stereocenters. The summed E-state index contributed by atoms with van der Waals surface area (Å²) in [6.07, 6.45) is 2.23. The van der Waals surface area contributed by atoms with Crippen LogP contribution < -0.4 is 9.62 Å². The highest BCUT2D eigenvalue weighted by Gasteiger charge is 2.32. The van der Waals surface area contributed by atoms with Crippen molar-refractivity contribution in [3.8, 4) is 0 Å². The number of anilines is 1. The molecule has 0 saturated carbocycles. The van der Waals surface area contributed by atoms with Crippen LogP contribution in [0.1, 0.15) is 44.7 Å². The van der Waals surface area contributed by atoms with Crippen molar-refractivity contribution in [2.75, 3.05) is 17.1 Å². The van der Waals surface area contributed by atoms with Crippen LogP contribution in [-0.2, 0) is 26.2 Å². The molecular weight excluding hydrogens is 518 g/mol. The van der Waals surface area contributed by atoms with Gasteiger partial charge in [-0.05, 0) is 56.5 Å². The predicted molar refractivity (Wildman–Crippen MR) is 140 cm³/mol. The summed E-state index contributed by atoms with van der Waals surface area (Å²) in [4.78, 5) is 28.2. The van der Waals surface area contributed by atoms with E-state index in [0.29, 0.717) is 12.1 Å². The summed E-state index contributed by atoms with van der Waals surface area (Å²) in [5, 5.41) is 2.96. The van der Waals surface area contributed by atoms with Crippen LogP contribution in [0.2, 0.25) is 0 Å². The minimum Gasteiger partial charge on any atom is -0.352 e. The second-order valence-electron chi connectivity index (χ2n) is 8.50.